The molecule has 4 N–H and O–H groups in total. The van der Waals surface area contributed by atoms with Crippen LogP contribution < -0.4 is 10.9 Å². The first-order valence-electron chi connectivity index (χ1n) is 7.28. The average molecular weight is 446 g/mol. The molecule has 1 aromatic rings. The van der Waals surface area contributed by atoms with Gasteiger partial charge in [0.25, 0.3) is 0 Å². The van der Waals surface area contributed by atoms with E-state index >= 15 is 0 Å². The van der Waals surface area contributed by atoms with Gasteiger partial charge in [-0.15, -0.1) is 0 Å². The topological polar surface area (TPSA) is 126 Å². The van der Waals surface area contributed by atoms with Crippen molar-refractivity contribution in [2.75, 3.05) is 13.3 Å². The van der Waals surface area contributed by atoms with E-state index in [0.717, 1.165) is 0 Å². The molecule has 1 saturated heterocycles. The van der Waals surface area contributed by atoms with E-state index in [9.17, 15) is 33.0 Å². The molecular formula is C13H16F3N3O6Se. The molecule has 146 valence electrons. The van der Waals surface area contributed by atoms with Crippen LogP contribution in [-0.4, -0.2) is 79.1 Å². The molecule has 9 nitrogen and oxygen atoms in total. The Bertz CT molecular complexity index is 780. The SMILES string of the molecule is Cc1cn([C@@H]2O[C@H](COCNC(=O)C(F)(F)F)[C@@H](O)[C@H]2O)c(=[Se])[nH]c1=O. The molecule has 2 heterocycles. The van der Waals surface area contributed by atoms with Gasteiger partial charge in [0.2, 0.25) is 0 Å². The summed E-state index contributed by atoms with van der Waals surface area (Å²) in [6.07, 6.45) is -8.50. The summed E-state index contributed by atoms with van der Waals surface area (Å²) in [5.41, 5.74) is -0.00724. The number of aliphatic hydroxyl groups excluding tert-OH is 2. The van der Waals surface area contributed by atoms with E-state index in [1.807, 2.05) is 0 Å². The maximum atomic E-state index is 12.0. The van der Waals surface area contributed by atoms with Gasteiger partial charge in [-0.3, -0.25) is 0 Å². The molecule has 0 bridgehead atoms. The number of nitrogens with zero attached hydrogens (tertiary/aromatic N) is 1. The van der Waals surface area contributed by atoms with Crippen LogP contribution in [0.1, 0.15) is 11.8 Å². The standard InChI is InChI=1S/C13H16F3N3O6Se/c1-5-2-19(12(26)18-9(5)22)10-8(21)7(20)6(25-10)3-24-4-17-11(23)13(14,15)16/h2,6-8,10,20-21H,3-4H2,1H3,(H,17,23)(H,18,22,26)/t6-,7-,8-,10-/m1/s1. The first-order chi connectivity index (χ1) is 12.0. The average Bonchev–Trinajstić information content (AvgIpc) is 2.82. The molecule has 0 spiro atoms. The number of H-pyrrole nitrogens is 1. The van der Waals surface area contributed by atoms with Crippen LogP contribution in [0.2, 0.25) is 0 Å². The van der Waals surface area contributed by atoms with E-state index < -0.39 is 43.4 Å². The summed E-state index contributed by atoms with van der Waals surface area (Å²) in [6.45, 7) is 0.415. The monoisotopic (exact) mass is 447 g/mol. The molecule has 0 aromatic carbocycles. The zero-order chi connectivity index (χ0) is 19.6. The van der Waals surface area contributed by atoms with E-state index in [2.05, 4.69) is 20.6 Å². The predicted octanol–water partition coefficient (Wildman–Crippen LogP) is -1.54. The van der Waals surface area contributed by atoms with E-state index in [1.54, 1.807) is 0 Å². The van der Waals surface area contributed by atoms with Gasteiger partial charge < -0.3 is 0 Å². The van der Waals surface area contributed by atoms with Gasteiger partial charge in [0.05, 0.1) is 0 Å². The summed E-state index contributed by atoms with van der Waals surface area (Å²) in [6, 6.07) is 0. The number of carbonyl (C=O) groups excluding carboxylic acids is 1. The van der Waals surface area contributed by atoms with Gasteiger partial charge in [-0.05, 0) is 0 Å². The van der Waals surface area contributed by atoms with Crippen LogP contribution in [0, 0.1) is 11.2 Å². The van der Waals surface area contributed by atoms with Crippen LogP contribution in [0.4, 0.5) is 13.2 Å². The van der Waals surface area contributed by atoms with Gasteiger partial charge in [-0.1, -0.05) is 0 Å². The van der Waals surface area contributed by atoms with Crippen molar-refractivity contribution in [2.24, 2.45) is 0 Å². The number of rotatable bonds is 5. The summed E-state index contributed by atoms with van der Waals surface area (Å²) >= 11 is 2.59. The van der Waals surface area contributed by atoms with Gasteiger partial charge >= 0.3 is 151 Å². The third-order valence-corrected chi connectivity index (χ3v) is 4.29. The Morgan fingerprint density at radius 2 is 2.12 bits per heavy atom. The van der Waals surface area contributed by atoms with Gasteiger partial charge in [-0.25, -0.2) is 0 Å². The number of aliphatic hydroxyl groups is 2. The Labute approximate surface area is 152 Å². The molecule has 0 aliphatic carbocycles. The van der Waals surface area contributed by atoms with Crippen molar-refractivity contribution >= 4 is 21.5 Å². The van der Waals surface area contributed by atoms with Gasteiger partial charge in [0.15, 0.2) is 0 Å². The van der Waals surface area contributed by atoms with E-state index in [0.29, 0.717) is 5.56 Å². The van der Waals surface area contributed by atoms with Crippen molar-refractivity contribution in [1.82, 2.24) is 14.9 Å². The van der Waals surface area contributed by atoms with Crippen LogP contribution >= 0.6 is 0 Å². The number of nitrogens with one attached hydrogen (secondary N) is 2. The number of aromatic nitrogens is 2. The third-order valence-electron chi connectivity index (χ3n) is 3.63. The Balaban J connectivity index is 1.98. The fourth-order valence-electron chi connectivity index (χ4n) is 2.26. The Kier molecular flexibility index (Phi) is 6.42. The number of hydrogen-bond donors (Lipinski definition) is 4. The first kappa shape index (κ1) is 20.8. The van der Waals surface area contributed by atoms with Crippen molar-refractivity contribution in [3.05, 3.63) is 26.4 Å². The van der Waals surface area contributed by atoms with Gasteiger partial charge in [-0.2, -0.15) is 0 Å². The molecule has 1 aliphatic rings. The molecular weight excluding hydrogens is 430 g/mol. The van der Waals surface area contributed by atoms with Crippen molar-refractivity contribution in [3.63, 3.8) is 0 Å². The van der Waals surface area contributed by atoms with Crippen LogP contribution in [0.25, 0.3) is 0 Å². The number of carbonyl (C=O) groups is 1. The maximum absolute atomic E-state index is 12.0. The summed E-state index contributed by atoms with van der Waals surface area (Å²) < 4.78 is 48.1. The zero-order valence-electron chi connectivity index (χ0n) is 13.3. The fourth-order valence-corrected chi connectivity index (χ4v) is 2.79. The molecule has 0 unspecified atom stereocenters. The summed E-state index contributed by atoms with van der Waals surface area (Å²) in [4.78, 5) is 24.7. The second kappa shape index (κ2) is 8.03. The molecule has 1 aliphatic heterocycles. The molecule has 13 heteroatoms. The minimum absolute atomic E-state index is 0.246. The first-order valence-corrected chi connectivity index (χ1v) is 8.14. The number of ether oxygens (including phenoxy) is 2. The molecule has 26 heavy (non-hydrogen) atoms. The van der Waals surface area contributed by atoms with Crippen LogP contribution in [-0.2, 0) is 14.3 Å². The number of halogens is 3. The normalized spacial score (nSPS) is 26.1. The van der Waals surface area contributed by atoms with Crippen LogP contribution in [0.5, 0.6) is 0 Å². The van der Waals surface area contributed by atoms with Gasteiger partial charge in [0.1, 0.15) is 0 Å². The van der Waals surface area contributed by atoms with Crippen LogP contribution in [0.3, 0.4) is 0 Å². The molecule has 1 amide bonds. The third kappa shape index (κ3) is 4.61. The summed E-state index contributed by atoms with van der Waals surface area (Å²) in [5.74, 6) is -2.16. The van der Waals surface area contributed by atoms with E-state index in [1.165, 1.54) is 23.0 Å². The van der Waals surface area contributed by atoms with Crippen LogP contribution in [0.15, 0.2) is 11.0 Å². The molecule has 4 atom stereocenters. The number of hydrogen-bond acceptors (Lipinski definition) is 6. The zero-order valence-corrected chi connectivity index (χ0v) is 15.0. The van der Waals surface area contributed by atoms with E-state index in [-0.39, 0.29) is 16.5 Å². The van der Waals surface area contributed by atoms with Crippen molar-refractivity contribution in [2.45, 2.75) is 37.6 Å². The molecule has 1 fully saturated rings. The number of alkyl halides is 3. The van der Waals surface area contributed by atoms with E-state index in [4.69, 9.17) is 9.47 Å². The van der Waals surface area contributed by atoms with Crippen molar-refractivity contribution < 1.29 is 37.7 Å². The van der Waals surface area contributed by atoms with Crippen molar-refractivity contribution in [3.8, 4) is 0 Å². The summed E-state index contributed by atoms with van der Waals surface area (Å²) in [7, 11) is 0. The minimum atomic E-state index is -5.03. The molecule has 0 saturated carbocycles. The summed E-state index contributed by atoms with van der Waals surface area (Å²) in [5, 5.41) is 21.7. The van der Waals surface area contributed by atoms with Crippen molar-refractivity contribution in [1.29, 1.82) is 0 Å². The van der Waals surface area contributed by atoms with Gasteiger partial charge in [0, 0.05) is 0 Å². The predicted molar refractivity (Wildman–Crippen MR) is 79.7 cm³/mol. The number of amides is 1. The second-order valence-corrected chi connectivity index (χ2v) is 6.36. The Morgan fingerprint density at radius 1 is 1.46 bits per heavy atom. The second-order valence-electron chi connectivity index (χ2n) is 5.54. The number of aryl methyl sites for hydroxylation is 1. The molecule has 2 rings (SSSR count). The quantitative estimate of drug-likeness (QED) is 0.247. The molecule has 0 radical (unpaired) electrons. The fraction of sp³-hybridized carbons (Fsp3) is 0.615. The number of aromatic amines is 1. The molecule has 1 aromatic heterocycles. The Hall–Kier alpha value is -1.50. The Morgan fingerprint density at radius 3 is 2.73 bits per heavy atom.